The van der Waals surface area contributed by atoms with Crippen molar-refractivity contribution in [2.24, 2.45) is 0 Å². The molecule has 0 saturated heterocycles. The summed E-state index contributed by atoms with van der Waals surface area (Å²) in [5, 5.41) is 9.31. The quantitative estimate of drug-likeness (QED) is 0.805. The van der Waals surface area contributed by atoms with Crippen molar-refractivity contribution in [2.45, 2.75) is 12.8 Å². The van der Waals surface area contributed by atoms with Crippen LogP contribution in [-0.2, 0) is 0 Å². The molecular weight excluding hydrogens is 269 g/mol. The van der Waals surface area contributed by atoms with Gasteiger partial charge in [0.1, 0.15) is 17.5 Å². The molecule has 1 unspecified atom stereocenters. The van der Waals surface area contributed by atoms with Gasteiger partial charge in [-0.3, -0.25) is 4.79 Å². The van der Waals surface area contributed by atoms with Gasteiger partial charge >= 0.3 is 0 Å². The second kappa shape index (κ2) is 6.19. The summed E-state index contributed by atoms with van der Waals surface area (Å²) in [6.07, 6.45) is 0. The topological polar surface area (TPSA) is 50.1 Å². The molecule has 0 aromatic heterocycles. The van der Waals surface area contributed by atoms with E-state index in [1.54, 1.807) is 38.3 Å². The first-order chi connectivity index (χ1) is 10.1. The Morgan fingerprint density at radius 1 is 1.24 bits per heavy atom. The Bertz CT molecular complexity index is 702. The standard InChI is InChI=1S/C17H14FNO2/c1-11-9-13(18)5-8-15(11)17(20)16(10-19)12-3-6-14(21-2)7-4-12/h3-9,16H,1-2H3. The Hall–Kier alpha value is -2.67. The molecule has 1 atom stereocenters. The highest BCUT2D eigenvalue weighted by Gasteiger charge is 2.23. The van der Waals surface area contributed by atoms with Crippen molar-refractivity contribution >= 4 is 5.78 Å². The van der Waals surface area contributed by atoms with Gasteiger partial charge in [0, 0.05) is 5.56 Å². The molecule has 0 aliphatic rings. The number of ether oxygens (including phenoxy) is 1. The third kappa shape index (κ3) is 3.09. The lowest BCUT2D eigenvalue weighted by Gasteiger charge is -2.11. The molecule has 3 nitrogen and oxygen atoms in total. The van der Waals surface area contributed by atoms with E-state index in [0.29, 0.717) is 22.4 Å². The smallest absolute Gasteiger partial charge is 0.184 e. The first-order valence-corrected chi connectivity index (χ1v) is 6.40. The van der Waals surface area contributed by atoms with Crippen LogP contribution in [0.3, 0.4) is 0 Å². The van der Waals surface area contributed by atoms with Gasteiger partial charge in [0.05, 0.1) is 13.2 Å². The zero-order chi connectivity index (χ0) is 15.4. The molecule has 0 heterocycles. The highest BCUT2D eigenvalue weighted by molar-refractivity contribution is 6.03. The van der Waals surface area contributed by atoms with E-state index in [4.69, 9.17) is 4.74 Å². The third-order valence-corrected chi connectivity index (χ3v) is 3.29. The lowest BCUT2D eigenvalue weighted by atomic mass is 9.90. The Kier molecular flexibility index (Phi) is 4.34. The lowest BCUT2D eigenvalue weighted by molar-refractivity contribution is 0.0978. The fourth-order valence-corrected chi connectivity index (χ4v) is 2.14. The minimum atomic E-state index is -0.917. The summed E-state index contributed by atoms with van der Waals surface area (Å²) in [6, 6.07) is 12.7. The number of methoxy groups -OCH3 is 1. The van der Waals surface area contributed by atoms with E-state index < -0.39 is 11.7 Å². The number of rotatable bonds is 4. The molecule has 0 saturated carbocycles. The molecule has 0 aliphatic carbocycles. The van der Waals surface area contributed by atoms with Gasteiger partial charge in [-0.1, -0.05) is 12.1 Å². The van der Waals surface area contributed by atoms with Crippen molar-refractivity contribution in [1.29, 1.82) is 5.26 Å². The van der Waals surface area contributed by atoms with Gasteiger partial charge < -0.3 is 4.74 Å². The molecule has 4 heteroatoms. The van der Waals surface area contributed by atoms with Gasteiger partial charge in [0.15, 0.2) is 5.78 Å². The molecule has 2 aromatic rings. The average molecular weight is 283 g/mol. The second-order valence-electron chi connectivity index (χ2n) is 4.66. The number of aryl methyl sites for hydroxylation is 1. The SMILES string of the molecule is COc1ccc(C(C#N)C(=O)c2ccc(F)cc2C)cc1. The first kappa shape index (κ1) is 14.7. The van der Waals surface area contributed by atoms with Crippen LogP contribution in [0.2, 0.25) is 0 Å². The molecule has 0 bridgehead atoms. The lowest BCUT2D eigenvalue weighted by Crippen LogP contribution is -2.12. The van der Waals surface area contributed by atoms with E-state index in [1.807, 2.05) is 6.07 Å². The number of hydrogen-bond donors (Lipinski definition) is 0. The largest absolute Gasteiger partial charge is 0.497 e. The van der Waals surface area contributed by atoms with E-state index in [1.165, 1.54) is 18.2 Å². The van der Waals surface area contributed by atoms with Crippen LogP contribution in [-0.4, -0.2) is 12.9 Å². The van der Waals surface area contributed by atoms with Crippen LogP contribution in [0.1, 0.15) is 27.4 Å². The highest BCUT2D eigenvalue weighted by Crippen LogP contribution is 2.24. The minimum absolute atomic E-state index is 0.333. The molecule has 2 aromatic carbocycles. The fourth-order valence-electron chi connectivity index (χ4n) is 2.14. The van der Waals surface area contributed by atoms with Crippen LogP contribution in [0, 0.1) is 24.1 Å². The second-order valence-corrected chi connectivity index (χ2v) is 4.66. The van der Waals surface area contributed by atoms with E-state index in [0.717, 1.165) is 0 Å². The zero-order valence-corrected chi connectivity index (χ0v) is 11.8. The molecule has 106 valence electrons. The monoisotopic (exact) mass is 283 g/mol. The summed E-state index contributed by atoms with van der Waals surface area (Å²) in [5.74, 6) is -0.997. The van der Waals surface area contributed by atoms with Crippen LogP contribution < -0.4 is 4.74 Å². The summed E-state index contributed by atoms with van der Waals surface area (Å²) < 4.78 is 18.2. The minimum Gasteiger partial charge on any atom is -0.497 e. The number of hydrogen-bond acceptors (Lipinski definition) is 3. The molecular formula is C17H14FNO2. The summed E-state index contributed by atoms with van der Waals surface area (Å²) in [4.78, 5) is 12.5. The highest BCUT2D eigenvalue weighted by atomic mass is 19.1. The van der Waals surface area contributed by atoms with Crippen LogP contribution in [0.25, 0.3) is 0 Å². The number of ketones is 1. The van der Waals surface area contributed by atoms with Crippen molar-refractivity contribution in [3.8, 4) is 11.8 Å². The molecule has 0 N–H and O–H groups in total. The predicted octanol–water partition coefficient (Wildman–Crippen LogP) is 3.63. The molecule has 0 radical (unpaired) electrons. The van der Waals surface area contributed by atoms with E-state index in [-0.39, 0.29) is 5.78 Å². The van der Waals surface area contributed by atoms with E-state index >= 15 is 0 Å². The van der Waals surface area contributed by atoms with Gasteiger partial charge in [-0.15, -0.1) is 0 Å². The Labute approximate surface area is 122 Å². The number of halogens is 1. The Morgan fingerprint density at radius 3 is 2.43 bits per heavy atom. The molecule has 0 fully saturated rings. The Balaban J connectivity index is 2.36. The number of benzene rings is 2. The van der Waals surface area contributed by atoms with Crippen LogP contribution in [0.5, 0.6) is 5.75 Å². The van der Waals surface area contributed by atoms with Gasteiger partial charge in [0.2, 0.25) is 0 Å². The van der Waals surface area contributed by atoms with Crippen LogP contribution in [0.4, 0.5) is 4.39 Å². The molecule has 0 spiro atoms. The van der Waals surface area contributed by atoms with Crippen molar-refractivity contribution in [2.75, 3.05) is 7.11 Å². The number of nitriles is 1. The van der Waals surface area contributed by atoms with Crippen molar-refractivity contribution in [3.63, 3.8) is 0 Å². The average Bonchev–Trinajstić information content (AvgIpc) is 2.48. The van der Waals surface area contributed by atoms with Crippen LogP contribution in [0.15, 0.2) is 42.5 Å². The van der Waals surface area contributed by atoms with E-state index in [9.17, 15) is 14.4 Å². The zero-order valence-electron chi connectivity index (χ0n) is 11.8. The number of Topliss-reactive ketones (excluding diaryl/α,β-unsaturated/α-hetero) is 1. The number of carbonyl (C=O) groups excluding carboxylic acids is 1. The Morgan fingerprint density at radius 2 is 1.90 bits per heavy atom. The maximum Gasteiger partial charge on any atom is 0.184 e. The summed E-state index contributed by atoms with van der Waals surface area (Å²) in [7, 11) is 1.55. The fraction of sp³-hybridized carbons (Fsp3) is 0.176. The number of carbonyl (C=O) groups is 1. The van der Waals surface area contributed by atoms with Gasteiger partial charge in [0.25, 0.3) is 0 Å². The van der Waals surface area contributed by atoms with Crippen molar-refractivity contribution in [3.05, 3.63) is 65.0 Å². The van der Waals surface area contributed by atoms with Crippen molar-refractivity contribution < 1.29 is 13.9 Å². The van der Waals surface area contributed by atoms with Gasteiger partial charge in [-0.05, 0) is 48.4 Å². The summed E-state index contributed by atoms with van der Waals surface area (Å²) in [6.45, 7) is 1.65. The maximum absolute atomic E-state index is 13.1. The molecule has 21 heavy (non-hydrogen) atoms. The van der Waals surface area contributed by atoms with E-state index in [2.05, 4.69) is 0 Å². The first-order valence-electron chi connectivity index (χ1n) is 6.40. The predicted molar refractivity (Wildman–Crippen MR) is 76.8 cm³/mol. The normalized spacial score (nSPS) is 11.5. The molecule has 0 aliphatic heterocycles. The van der Waals surface area contributed by atoms with Gasteiger partial charge in [-0.25, -0.2) is 4.39 Å². The summed E-state index contributed by atoms with van der Waals surface area (Å²) >= 11 is 0. The van der Waals surface area contributed by atoms with Crippen molar-refractivity contribution in [1.82, 2.24) is 0 Å². The molecule has 2 rings (SSSR count). The molecule has 0 amide bonds. The maximum atomic E-state index is 13.1. The third-order valence-electron chi connectivity index (χ3n) is 3.29. The summed E-state index contributed by atoms with van der Waals surface area (Å²) in [5.41, 5.74) is 1.47. The van der Waals surface area contributed by atoms with Crippen LogP contribution >= 0.6 is 0 Å². The van der Waals surface area contributed by atoms with Gasteiger partial charge in [-0.2, -0.15) is 5.26 Å². The number of nitrogens with zero attached hydrogens (tertiary/aromatic N) is 1.